The van der Waals surface area contributed by atoms with E-state index in [1.165, 1.54) is 5.56 Å². The number of amides is 2. The first kappa shape index (κ1) is 20.5. The van der Waals surface area contributed by atoms with E-state index in [1.54, 1.807) is 4.90 Å². The van der Waals surface area contributed by atoms with Crippen molar-refractivity contribution in [3.8, 4) is 11.5 Å². The number of hydrogen-bond donors (Lipinski definition) is 1. The number of carbonyl (C=O) groups excluding carboxylic acids is 2. The number of hydrogen-bond acceptors (Lipinski definition) is 4. The van der Waals surface area contributed by atoms with E-state index < -0.39 is 24.0 Å². The van der Waals surface area contributed by atoms with Crippen LogP contribution in [0, 0.1) is 5.92 Å². The van der Waals surface area contributed by atoms with Crippen molar-refractivity contribution in [3.05, 3.63) is 23.3 Å². The lowest BCUT2D eigenvalue weighted by Gasteiger charge is -2.44. The largest absolute Gasteiger partial charge is 0.486 e. The molecule has 5 rings (SSSR count). The van der Waals surface area contributed by atoms with E-state index in [0.29, 0.717) is 32.1 Å². The summed E-state index contributed by atoms with van der Waals surface area (Å²) < 4.78 is 50.4. The molecule has 2 amide bonds. The maximum atomic E-state index is 13.3. The minimum atomic E-state index is -4.50. The summed E-state index contributed by atoms with van der Waals surface area (Å²) in [5, 5.41) is 2.00. The first-order chi connectivity index (χ1) is 14.8. The molecule has 168 valence electrons. The van der Waals surface area contributed by atoms with Crippen LogP contribution >= 0.6 is 0 Å². The quantitative estimate of drug-likeness (QED) is 0.685. The van der Waals surface area contributed by atoms with Crippen molar-refractivity contribution in [3.63, 3.8) is 0 Å². The Hall–Kier alpha value is -2.45. The van der Waals surface area contributed by atoms with Crippen molar-refractivity contribution >= 4 is 11.8 Å². The van der Waals surface area contributed by atoms with Gasteiger partial charge in [0.1, 0.15) is 25.2 Å². The Morgan fingerprint density at radius 3 is 2.42 bits per heavy atom. The molecular weight excluding hydrogens is 413 g/mol. The van der Waals surface area contributed by atoms with Gasteiger partial charge in [-0.15, -0.1) is 0 Å². The van der Waals surface area contributed by atoms with Gasteiger partial charge in [-0.05, 0) is 48.9 Å². The summed E-state index contributed by atoms with van der Waals surface area (Å²) in [7, 11) is 0. The third-order valence-electron chi connectivity index (χ3n) is 7.14. The van der Waals surface area contributed by atoms with Gasteiger partial charge in [-0.2, -0.15) is 13.2 Å². The number of piperidine rings is 1. The molecule has 1 aliphatic carbocycles. The molecule has 1 aromatic rings. The Balaban J connectivity index is 1.41. The normalized spacial score (nSPS) is 27.1. The van der Waals surface area contributed by atoms with Crippen LogP contribution in [-0.2, 0) is 21.5 Å². The average Bonchev–Trinajstić information content (AvgIpc) is 3.20. The molecule has 1 aromatic carbocycles. The van der Waals surface area contributed by atoms with Gasteiger partial charge in [0.05, 0.1) is 0 Å². The van der Waals surface area contributed by atoms with E-state index in [1.807, 2.05) is 17.4 Å². The molecule has 1 N–H and O–H groups in total. The number of carbonyl (C=O) groups is 2. The lowest BCUT2D eigenvalue weighted by atomic mass is 9.73. The maximum absolute atomic E-state index is 13.3. The Kier molecular flexibility index (Phi) is 4.82. The van der Waals surface area contributed by atoms with Crippen LogP contribution in [0.5, 0.6) is 11.5 Å². The van der Waals surface area contributed by atoms with E-state index in [-0.39, 0.29) is 24.2 Å². The van der Waals surface area contributed by atoms with Crippen LogP contribution in [-0.4, -0.2) is 48.7 Å². The Labute approximate surface area is 178 Å². The molecule has 2 unspecified atom stereocenters. The fraction of sp³-hybridized carbons (Fsp3) is 0.636. The molecule has 1 spiro atoms. The number of fused-ring (bicyclic) bond motifs is 3. The fourth-order valence-corrected chi connectivity index (χ4v) is 5.61. The molecule has 9 heteroatoms. The molecule has 2 atom stereocenters. The van der Waals surface area contributed by atoms with Crippen molar-refractivity contribution < 1.29 is 32.2 Å². The number of alkyl halides is 3. The standard InChI is InChI=1S/C22H25F3N2O4/c23-22(24,25)18-4-3-14(19(28)26-18)20(29)27-11-13-9-16-17(31-8-7-30-16)10-15(13)21(12-27)5-1-2-6-21/h9-10,14,18H,1-8,11-12H2,(H,26,28). The van der Waals surface area contributed by atoms with E-state index in [0.717, 1.165) is 37.0 Å². The topological polar surface area (TPSA) is 67.9 Å². The Morgan fingerprint density at radius 2 is 1.77 bits per heavy atom. The van der Waals surface area contributed by atoms with Crippen molar-refractivity contribution in [2.75, 3.05) is 19.8 Å². The molecule has 0 aromatic heterocycles. The molecule has 1 saturated carbocycles. The molecular formula is C22H25F3N2O4. The van der Waals surface area contributed by atoms with Gasteiger partial charge < -0.3 is 19.7 Å². The van der Waals surface area contributed by atoms with Gasteiger partial charge in [-0.3, -0.25) is 9.59 Å². The van der Waals surface area contributed by atoms with E-state index in [4.69, 9.17) is 9.47 Å². The summed E-state index contributed by atoms with van der Waals surface area (Å²) in [5.41, 5.74) is 1.93. The highest BCUT2D eigenvalue weighted by Crippen LogP contribution is 2.49. The SMILES string of the molecule is O=C1NC(C(F)(F)F)CCC1C(=O)N1Cc2cc3c(cc2C2(CCCC2)C1)OCCO3. The predicted molar refractivity (Wildman–Crippen MR) is 104 cm³/mol. The van der Waals surface area contributed by atoms with E-state index >= 15 is 0 Å². The second-order valence-corrected chi connectivity index (χ2v) is 9.07. The highest BCUT2D eigenvalue weighted by atomic mass is 19.4. The Morgan fingerprint density at radius 1 is 1.10 bits per heavy atom. The van der Waals surface area contributed by atoms with Crippen LogP contribution in [0.4, 0.5) is 13.2 Å². The molecule has 4 aliphatic rings. The number of rotatable bonds is 1. The van der Waals surface area contributed by atoms with Crippen molar-refractivity contribution in [2.45, 2.75) is 62.7 Å². The molecule has 2 fully saturated rings. The average molecular weight is 438 g/mol. The zero-order valence-corrected chi connectivity index (χ0v) is 17.1. The number of nitrogens with zero attached hydrogens (tertiary/aromatic N) is 1. The third kappa shape index (κ3) is 3.51. The van der Waals surface area contributed by atoms with Gasteiger partial charge in [0.25, 0.3) is 0 Å². The lowest BCUT2D eigenvalue weighted by molar-refractivity contribution is -0.172. The van der Waals surface area contributed by atoms with Crippen molar-refractivity contribution in [1.82, 2.24) is 10.2 Å². The molecule has 3 heterocycles. The highest BCUT2D eigenvalue weighted by molar-refractivity contribution is 6.01. The smallest absolute Gasteiger partial charge is 0.408 e. The third-order valence-corrected chi connectivity index (χ3v) is 7.14. The summed E-state index contributed by atoms with van der Waals surface area (Å²) in [4.78, 5) is 27.3. The number of halogens is 3. The van der Waals surface area contributed by atoms with Crippen LogP contribution in [0.2, 0.25) is 0 Å². The van der Waals surface area contributed by atoms with Gasteiger partial charge in [0, 0.05) is 18.5 Å². The van der Waals surface area contributed by atoms with Crippen molar-refractivity contribution in [2.24, 2.45) is 5.92 Å². The molecule has 6 nitrogen and oxygen atoms in total. The van der Waals surface area contributed by atoms with Crippen molar-refractivity contribution in [1.29, 1.82) is 0 Å². The first-order valence-electron chi connectivity index (χ1n) is 10.9. The predicted octanol–water partition coefficient (Wildman–Crippen LogP) is 3.07. The summed E-state index contributed by atoms with van der Waals surface area (Å²) >= 11 is 0. The Bertz CT molecular complexity index is 911. The summed E-state index contributed by atoms with van der Waals surface area (Å²) in [6.45, 7) is 1.76. The summed E-state index contributed by atoms with van der Waals surface area (Å²) in [6.07, 6.45) is -0.915. The van der Waals surface area contributed by atoms with Gasteiger partial charge in [-0.25, -0.2) is 0 Å². The van der Waals surface area contributed by atoms with Crippen LogP contribution < -0.4 is 14.8 Å². The zero-order chi connectivity index (χ0) is 21.8. The van der Waals surface area contributed by atoms with Gasteiger partial charge in [-0.1, -0.05) is 12.8 Å². The van der Waals surface area contributed by atoms with E-state index in [9.17, 15) is 22.8 Å². The zero-order valence-electron chi connectivity index (χ0n) is 17.1. The maximum Gasteiger partial charge on any atom is 0.408 e. The minimum absolute atomic E-state index is 0.0909. The van der Waals surface area contributed by atoms with E-state index in [2.05, 4.69) is 0 Å². The second kappa shape index (κ2) is 7.31. The minimum Gasteiger partial charge on any atom is -0.486 e. The first-order valence-corrected chi connectivity index (χ1v) is 10.9. The molecule has 0 bridgehead atoms. The molecule has 3 aliphatic heterocycles. The summed E-state index contributed by atoms with van der Waals surface area (Å²) in [5.74, 6) is -0.912. The number of nitrogens with one attached hydrogen (secondary N) is 1. The van der Waals surface area contributed by atoms with Gasteiger partial charge in [0.15, 0.2) is 11.5 Å². The number of ether oxygens (including phenoxy) is 2. The van der Waals surface area contributed by atoms with Crippen LogP contribution in [0.1, 0.15) is 49.7 Å². The fourth-order valence-electron chi connectivity index (χ4n) is 5.61. The number of benzene rings is 1. The monoisotopic (exact) mass is 438 g/mol. The second-order valence-electron chi connectivity index (χ2n) is 9.07. The summed E-state index contributed by atoms with van der Waals surface area (Å²) in [6, 6.07) is 2.08. The van der Waals surface area contributed by atoms with Crippen LogP contribution in [0.3, 0.4) is 0 Å². The van der Waals surface area contributed by atoms with Gasteiger partial charge in [0.2, 0.25) is 11.8 Å². The van der Waals surface area contributed by atoms with Gasteiger partial charge >= 0.3 is 6.18 Å². The molecule has 31 heavy (non-hydrogen) atoms. The van der Waals surface area contributed by atoms with Crippen LogP contribution in [0.25, 0.3) is 0 Å². The van der Waals surface area contributed by atoms with Crippen LogP contribution in [0.15, 0.2) is 12.1 Å². The highest BCUT2D eigenvalue weighted by Gasteiger charge is 2.49. The lowest BCUT2D eigenvalue weighted by Crippen LogP contribution is -2.56. The molecule has 1 saturated heterocycles. The molecule has 0 radical (unpaired) electrons.